The zero-order valence-corrected chi connectivity index (χ0v) is 17.2. The Balaban J connectivity index is 1.54. The molecular weight excluding hydrogens is 415 g/mol. The summed E-state index contributed by atoms with van der Waals surface area (Å²) < 4.78 is 10.5. The van der Waals surface area contributed by atoms with E-state index in [0.29, 0.717) is 52.9 Å². The summed E-state index contributed by atoms with van der Waals surface area (Å²) >= 11 is 12.4. The van der Waals surface area contributed by atoms with E-state index in [0.717, 1.165) is 5.69 Å². The van der Waals surface area contributed by atoms with Gasteiger partial charge in [0.2, 0.25) is 0 Å². The number of halogens is 2. The third-order valence-corrected chi connectivity index (χ3v) is 5.82. The summed E-state index contributed by atoms with van der Waals surface area (Å²) in [5, 5.41) is 1.63. The number of amides is 1. The van der Waals surface area contributed by atoms with Gasteiger partial charge in [-0.2, -0.15) is 0 Å². The first-order chi connectivity index (χ1) is 14.0. The zero-order valence-electron chi connectivity index (χ0n) is 15.7. The van der Waals surface area contributed by atoms with E-state index in [2.05, 4.69) is 4.90 Å². The number of piperazine rings is 1. The number of ether oxygens (including phenoxy) is 1. The average molecular weight is 433 g/mol. The van der Waals surface area contributed by atoms with Crippen LogP contribution in [0.4, 0.5) is 5.69 Å². The van der Waals surface area contributed by atoms with E-state index in [1.54, 1.807) is 42.3 Å². The van der Waals surface area contributed by atoms with Crippen LogP contribution in [0.5, 0.6) is 5.75 Å². The summed E-state index contributed by atoms with van der Waals surface area (Å²) in [6.07, 6.45) is 0. The minimum absolute atomic E-state index is 0.0139. The van der Waals surface area contributed by atoms with E-state index >= 15 is 0 Å². The molecule has 150 valence electrons. The molecule has 0 radical (unpaired) electrons. The predicted molar refractivity (Wildman–Crippen MR) is 114 cm³/mol. The van der Waals surface area contributed by atoms with Crippen LogP contribution in [-0.2, 0) is 0 Å². The molecule has 1 aromatic heterocycles. The Morgan fingerprint density at radius 1 is 1.07 bits per heavy atom. The molecule has 4 rings (SSSR count). The van der Waals surface area contributed by atoms with Gasteiger partial charge in [0.25, 0.3) is 5.91 Å². The molecule has 2 aromatic carbocycles. The fourth-order valence-corrected chi connectivity index (χ4v) is 3.85. The average Bonchev–Trinajstić information content (AvgIpc) is 2.74. The van der Waals surface area contributed by atoms with Gasteiger partial charge < -0.3 is 19.0 Å². The van der Waals surface area contributed by atoms with E-state index in [4.69, 9.17) is 32.4 Å². The number of anilines is 1. The number of hydrogen-bond acceptors (Lipinski definition) is 5. The molecule has 8 heteroatoms. The molecule has 0 atom stereocenters. The highest BCUT2D eigenvalue weighted by Crippen LogP contribution is 2.33. The molecule has 0 bridgehead atoms. The topological polar surface area (TPSA) is 63.0 Å². The quantitative estimate of drug-likeness (QED) is 0.583. The Bertz CT molecular complexity index is 1140. The summed E-state index contributed by atoms with van der Waals surface area (Å²) in [5.74, 6) is 0.275. The summed E-state index contributed by atoms with van der Waals surface area (Å²) in [5.41, 5.74) is 0.615. The number of carbonyl (C=O) groups is 1. The summed E-state index contributed by atoms with van der Waals surface area (Å²) in [6, 6.07) is 12.1. The minimum atomic E-state index is -0.645. The molecule has 0 saturated carbocycles. The van der Waals surface area contributed by atoms with Crippen molar-refractivity contribution in [1.82, 2.24) is 4.90 Å². The third kappa shape index (κ3) is 3.78. The largest absolute Gasteiger partial charge is 0.497 e. The van der Waals surface area contributed by atoms with Gasteiger partial charge in [-0.05, 0) is 36.4 Å². The van der Waals surface area contributed by atoms with Gasteiger partial charge in [0.15, 0.2) is 0 Å². The van der Waals surface area contributed by atoms with Crippen LogP contribution in [0.25, 0.3) is 11.0 Å². The Morgan fingerprint density at radius 3 is 2.55 bits per heavy atom. The number of carbonyl (C=O) groups excluding carboxylic acids is 1. The standard InChI is InChI=1S/C21H18Cl2N2O4/c1-28-14-5-6-18-13(11-14)12-15(21(27)29-18)20(26)25-9-7-24(8-10-25)17-4-2-3-16(22)19(17)23/h2-6,11-12H,7-10H2,1H3. The van der Waals surface area contributed by atoms with Gasteiger partial charge in [-0.1, -0.05) is 29.3 Å². The van der Waals surface area contributed by atoms with Crippen LogP contribution in [0, 0.1) is 0 Å². The lowest BCUT2D eigenvalue weighted by Crippen LogP contribution is -2.49. The third-order valence-electron chi connectivity index (χ3n) is 5.01. The molecule has 29 heavy (non-hydrogen) atoms. The van der Waals surface area contributed by atoms with Crippen LogP contribution in [0.3, 0.4) is 0 Å². The number of nitrogens with zero attached hydrogens (tertiary/aromatic N) is 2. The molecule has 1 fully saturated rings. The van der Waals surface area contributed by atoms with E-state index in [9.17, 15) is 9.59 Å². The molecule has 1 aliphatic heterocycles. The summed E-state index contributed by atoms with van der Waals surface area (Å²) in [4.78, 5) is 29.0. The van der Waals surface area contributed by atoms with Gasteiger partial charge in [-0.3, -0.25) is 4.79 Å². The highest BCUT2D eigenvalue weighted by atomic mass is 35.5. The number of fused-ring (bicyclic) bond motifs is 1. The maximum absolute atomic E-state index is 13.0. The molecule has 0 aliphatic carbocycles. The second kappa shape index (κ2) is 7.97. The van der Waals surface area contributed by atoms with Crippen molar-refractivity contribution >= 4 is 45.8 Å². The first kappa shape index (κ1) is 19.6. The second-order valence-corrected chi connectivity index (χ2v) is 7.49. The molecular formula is C21H18Cl2N2O4. The van der Waals surface area contributed by atoms with Crippen LogP contribution in [0.1, 0.15) is 10.4 Å². The molecule has 1 saturated heterocycles. The SMILES string of the molecule is COc1ccc2oc(=O)c(C(=O)N3CCN(c4cccc(Cl)c4Cl)CC3)cc2c1. The molecule has 2 heterocycles. The lowest BCUT2D eigenvalue weighted by atomic mass is 10.1. The van der Waals surface area contributed by atoms with E-state index in [1.807, 2.05) is 12.1 Å². The molecule has 0 unspecified atom stereocenters. The van der Waals surface area contributed by atoms with Crippen LogP contribution in [0.15, 0.2) is 51.7 Å². The lowest BCUT2D eigenvalue weighted by Gasteiger charge is -2.36. The number of rotatable bonds is 3. The van der Waals surface area contributed by atoms with E-state index in [-0.39, 0.29) is 11.5 Å². The van der Waals surface area contributed by atoms with Crippen molar-refractivity contribution in [2.45, 2.75) is 0 Å². The Morgan fingerprint density at radius 2 is 1.83 bits per heavy atom. The van der Waals surface area contributed by atoms with Gasteiger partial charge in [0.05, 0.1) is 22.8 Å². The van der Waals surface area contributed by atoms with Crippen LogP contribution < -0.4 is 15.3 Å². The smallest absolute Gasteiger partial charge is 0.349 e. The maximum Gasteiger partial charge on any atom is 0.349 e. The van der Waals surface area contributed by atoms with Crippen LogP contribution in [-0.4, -0.2) is 44.1 Å². The van der Waals surface area contributed by atoms with Gasteiger partial charge in [0, 0.05) is 31.6 Å². The van der Waals surface area contributed by atoms with Gasteiger partial charge in [-0.15, -0.1) is 0 Å². The molecule has 0 spiro atoms. The minimum Gasteiger partial charge on any atom is -0.497 e. The highest BCUT2D eigenvalue weighted by molar-refractivity contribution is 6.43. The fraction of sp³-hybridized carbons (Fsp3) is 0.238. The Kier molecular flexibility index (Phi) is 5.39. The predicted octanol–water partition coefficient (Wildman–Crippen LogP) is 4.07. The summed E-state index contributed by atoms with van der Waals surface area (Å²) in [7, 11) is 1.55. The molecule has 0 N–H and O–H groups in total. The fourth-order valence-electron chi connectivity index (χ4n) is 3.44. The van der Waals surface area contributed by atoms with E-state index < -0.39 is 5.63 Å². The first-order valence-electron chi connectivity index (χ1n) is 9.08. The van der Waals surface area contributed by atoms with Crippen molar-refractivity contribution in [2.75, 3.05) is 38.2 Å². The Labute approximate surface area is 177 Å². The molecule has 1 aliphatic rings. The number of benzene rings is 2. The molecule has 1 amide bonds. The number of methoxy groups -OCH3 is 1. The van der Waals surface area contributed by atoms with Crippen molar-refractivity contribution in [3.05, 3.63) is 68.5 Å². The van der Waals surface area contributed by atoms with Crippen molar-refractivity contribution in [2.24, 2.45) is 0 Å². The molecule has 6 nitrogen and oxygen atoms in total. The maximum atomic E-state index is 13.0. The van der Waals surface area contributed by atoms with E-state index in [1.165, 1.54) is 0 Å². The lowest BCUT2D eigenvalue weighted by molar-refractivity contribution is 0.0742. The first-order valence-corrected chi connectivity index (χ1v) is 9.83. The molecule has 3 aromatic rings. The monoisotopic (exact) mass is 432 g/mol. The van der Waals surface area contributed by atoms with Crippen molar-refractivity contribution in [1.29, 1.82) is 0 Å². The highest BCUT2D eigenvalue weighted by Gasteiger charge is 2.26. The van der Waals surface area contributed by atoms with Crippen molar-refractivity contribution < 1.29 is 13.9 Å². The second-order valence-electron chi connectivity index (χ2n) is 6.70. The zero-order chi connectivity index (χ0) is 20.5. The van der Waals surface area contributed by atoms with Gasteiger partial charge >= 0.3 is 5.63 Å². The normalized spacial score (nSPS) is 14.3. The number of hydrogen-bond donors (Lipinski definition) is 0. The van der Waals surface area contributed by atoms with Crippen molar-refractivity contribution in [3.8, 4) is 5.75 Å². The summed E-state index contributed by atoms with van der Waals surface area (Å²) in [6.45, 7) is 2.08. The van der Waals surface area contributed by atoms with Crippen LogP contribution in [0.2, 0.25) is 10.0 Å². The Hall–Kier alpha value is -2.70. The van der Waals surface area contributed by atoms with Crippen LogP contribution >= 0.6 is 23.2 Å². The van der Waals surface area contributed by atoms with Gasteiger partial charge in [-0.25, -0.2) is 4.79 Å². The van der Waals surface area contributed by atoms with Crippen molar-refractivity contribution in [3.63, 3.8) is 0 Å². The van der Waals surface area contributed by atoms with Gasteiger partial charge in [0.1, 0.15) is 16.9 Å².